The minimum atomic E-state index is -1.47. The van der Waals surface area contributed by atoms with Crippen LogP contribution in [0, 0.1) is 0 Å². The van der Waals surface area contributed by atoms with E-state index in [1.807, 2.05) is 72.8 Å². The lowest BCUT2D eigenvalue weighted by molar-refractivity contribution is 0.677. The van der Waals surface area contributed by atoms with Crippen LogP contribution in [0.4, 0.5) is 34.1 Å². The van der Waals surface area contributed by atoms with Crippen molar-refractivity contribution in [2.75, 3.05) is 9.80 Å². The number of fused-ring (bicyclic) bond motifs is 4. The average molecular weight is 582 g/mol. The van der Waals surface area contributed by atoms with Gasteiger partial charge in [-0.25, -0.2) is 8.42 Å². The summed E-state index contributed by atoms with van der Waals surface area (Å²) in [7, 11) is -2.89. The van der Waals surface area contributed by atoms with E-state index in [0.717, 1.165) is 39.6 Å². The van der Waals surface area contributed by atoms with Crippen LogP contribution in [0.2, 0.25) is 0 Å². The molecular weight excluding hydrogens is 559 g/mol. The largest absolute Gasteiger partial charge is 0.310 e. The Bertz CT molecular complexity index is 2020. The third-order valence-corrected chi connectivity index (χ3v) is 10.6. The quantitative estimate of drug-likeness (QED) is 0.208. The van der Waals surface area contributed by atoms with Gasteiger partial charge < -0.3 is 9.80 Å². The minimum absolute atomic E-state index is 0.576. The van der Waals surface area contributed by atoms with E-state index in [-0.39, 0.29) is 0 Å². The fourth-order valence-corrected chi connectivity index (χ4v) is 8.44. The average Bonchev–Trinajstić information content (AvgIpc) is 3.06. The van der Waals surface area contributed by atoms with E-state index >= 15 is 0 Å². The maximum Gasteiger partial charge on any atom is 0.0908 e. The van der Waals surface area contributed by atoms with Crippen LogP contribution in [-0.2, 0) is 21.6 Å². The summed E-state index contributed by atoms with van der Waals surface area (Å²) in [6, 6.07) is 42.9. The van der Waals surface area contributed by atoms with E-state index in [0.29, 0.717) is 25.3 Å². The van der Waals surface area contributed by atoms with Crippen molar-refractivity contribution < 1.29 is 8.42 Å². The Labute approximate surface area is 248 Å². The van der Waals surface area contributed by atoms with E-state index in [9.17, 15) is 8.42 Å². The number of hydrogen-bond donors (Lipinski definition) is 0. The van der Waals surface area contributed by atoms with Gasteiger partial charge in [-0.1, -0.05) is 72.8 Å². The van der Waals surface area contributed by atoms with Crippen LogP contribution in [0.1, 0.15) is 0 Å². The summed E-state index contributed by atoms with van der Waals surface area (Å²) in [5.41, 5.74) is 7.56. The maximum atomic E-state index is 13.9. The molecule has 0 saturated carbocycles. The third kappa shape index (κ3) is 3.85. The highest BCUT2D eigenvalue weighted by Gasteiger charge is 2.38. The van der Waals surface area contributed by atoms with Gasteiger partial charge in [0.1, 0.15) is 0 Å². The molecule has 0 spiro atoms. The minimum Gasteiger partial charge on any atom is -0.310 e. The van der Waals surface area contributed by atoms with Crippen molar-refractivity contribution in [3.8, 4) is 11.1 Å². The number of benzene rings is 5. The highest BCUT2D eigenvalue weighted by atomic mass is 32.2. The molecule has 0 saturated heterocycles. The summed E-state index contributed by atoms with van der Waals surface area (Å²) >= 11 is 0. The lowest BCUT2D eigenvalue weighted by Gasteiger charge is -2.38. The molecule has 202 valence electrons. The van der Waals surface area contributed by atoms with Gasteiger partial charge in [-0.3, -0.25) is 4.98 Å². The van der Waals surface area contributed by atoms with Gasteiger partial charge >= 0.3 is 0 Å². The number of para-hydroxylation sites is 2. The molecule has 2 atom stereocenters. The number of rotatable bonds is 4. The Morgan fingerprint density at radius 1 is 0.500 bits per heavy atom. The molecule has 2 aliphatic heterocycles. The first kappa shape index (κ1) is 24.9. The molecule has 5 aromatic carbocycles. The van der Waals surface area contributed by atoms with Gasteiger partial charge in [0.25, 0.3) is 0 Å². The van der Waals surface area contributed by atoms with Crippen LogP contribution >= 0.6 is 0 Å². The number of nitrogens with zero attached hydrogens (tertiary/aromatic N) is 3. The van der Waals surface area contributed by atoms with Gasteiger partial charge in [0.2, 0.25) is 0 Å². The van der Waals surface area contributed by atoms with Crippen molar-refractivity contribution in [3.05, 3.63) is 140 Å². The monoisotopic (exact) mass is 581 g/mol. The molecule has 0 radical (unpaired) electrons. The summed E-state index contributed by atoms with van der Waals surface area (Å²) in [5.74, 6) is 0. The summed E-state index contributed by atoms with van der Waals surface area (Å²) in [5, 5.41) is 0. The van der Waals surface area contributed by atoms with E-state index in [2.05, 4.69) is 69.4 Å². The summed E-state index contributed by atoms with van der Waals surface area (Å²) < 4.78 is 27.5. The first-order valence-electron chi connectivity index (χ1n) is 13.5. The van der Waals surface area contributed by atoms with Crippen molar-refractivity contribution in [1.82, 2.24) is 4.98 Å². The molecule has 42 heavy (non-hydrogen) atoms. The van der Waals surface area contributed by atoms with Crippen molar-refractivity contribution >= 4 is 55.7 Å². The maximum absolute atomic E-state index is 13.9. The molecule has 8 rings (SSSR count). The van der Waals surface area contributed by atoms with E-state index in [1.165, 1.54) is 0 Å². The predicted molar refractivity (Wildman–Crippen MR) is 168 cm³/mol. The lowest BCUT2D eigenvalue weighted by Crippen LogP contribution is -2.26. The zero-order valence-corrected chi connectivity index (χ0v) is 23.9. The second-order valence-corrected chi connectivity index (χ2v) is 12.9. The van der Waals surface area contributed by atoms with Gasteiger partial charge in [-0.05, 0) is 65.7 Å². The summed E-state index contributed by atoms with van der Waals surface area (Å²) in [6.07, 6.45) is 3.27. The highest BCUT2D eigenvalue weighted by molar-refractivity contribution is 7.86. The molecule has 3 heterocycles. The molecule has 0 fully saturated rings. The smallest absolute Gasteiger partial charge is 0.0908 e. The zero-order chi connectivity index (χ0) is 28.2. The number of aromatic nitrogens is 1. The van der Waals surface area contributed by atoms with E-state index in [1.54, 1.807) is 12.4 Å². The molecule has 5 nitrogen and oxygen atoms in total. The molecule has 1 aromatic heterocycles. The Morgan fingerprint density at radius 3 is 1.76 bits per heavy atom. The van der Waals surface area contributed by atoms with E-state index in [4.69, 9.17) is 0 Å². The predicted octanol–water partition coefficient (Wildman–Crippen LogP) is 8.65. The second-order valence-electron chi connectivity index (χ2n) is 10.1. The Hall–Kier alpha value is -4.85. The standard InChI is InChI=1S/C35H23N3O2S2/c39-41-31-14-8-7-13-29(31)38-30-21-28(19-20-32(30)42(40)34-23-36-22-33(41)35(34)38)37(26-11-5-2-6-12-26)27-17-15-25(16-18-27)24-9-3-1-4-10-24/h1-23H. The molecule has 0 amide bonds. The van der Waals surface area contributed by atoms with Crippen molar-refractivity contribution in [3.63, 3.8) is 0 Å². The third-order valence-electron chi connectivity index (χ3n) is 7.67. The van der Waals surface area contributed by atoms with Gasteiger partial charge in [-0.15, -0.1) is 0 Å². The Morgan fingerprint density at radius 2 is 1.05 bits per heavy atom. The Balaban J connectivity index is 1.31. The second kappa shape index (κ2) is 9.91. The van der Waals surface area contributed by atoms with Gasteiger partial charge in [0, 0.05) is 29.5 Å². The van der Waals surface area contributed by atoms with Gasteiger partial charge in [0.05, 0.1) is 58.2 Å². The van der Waals surface area contributed by atoms with Crippen molar-refractivity contribution in [2.45, 2.75) is 19.6 Å². The molecule has 0 aliphatic carbocycles. The molecule has 0 bridgehead atoms. The number of anilines is 6. The molecule has 2 unspecified atom stereocenters. The fourth-order valence-electron chi connectivity index (χ4n) is 5.75. The summed E-state index contributed by atoms with van der Waals surface area (Å²) in [6.45, 7) is 0. The molecule has 7 heteroatoms. The first-order chi connectivity index (χ1) is 20.7. The van der Waals surface area contributed by atoms with Crippen LogP contribution < -0.4 is 9.80 Å². The topological polar surface area (TPSA) is 53.5 Å². The van der Waals surface area contributed by atoms with Crippen LogP contribution in [0.25, 0.3) is 11.1 Å². The number of pyridine rings is 1. The fraction of sp³-hybridized carbons (Fsp3) is 0. The molecule has 0 N–H and O–H groups in total. The van der Waals surface area contributed by atoms with Gasteiger partial charge in [-0.2, -0.15) is 0 Å². The van der Waals surface area contributed by atoms with Crippen molar-refractivity contribution in [2.24, 2.45) is 0 Å². The first-order valence-corrected chi connectivity index (χ1v) is 15.8. The Kier molecular flexibility index (Phi) is 5.87. The van der Waals surface area contributed by atoms with Crippen LogP contribution in [0.5, 0.6) is 0 Å². The SMILES string of the molecule is O=S1c2ccccc2N2c3cc(N(c4ccccc4)c4ccc(-c5ccccc5)cc4)ccc3S(=O)c3cncc1c32. The zero-order valence-electron chi connectivity index (χ0n) is 22.3. The molecule has 2 aliphatic rings. The van der Waals surface area contributed by atoms with Crippen LogP contribution in [-0.4, -0.2) is 13.4 Å². The lowest BCUT2D eigenvalue weighted by atomic mass is 10.0. The van der Waals surface area contributed by atoms with Crippen molar-refractivity contribution in [1.29, 1.82) is 0 Å². The van der Waals surface area contributed by atoms with E-state index < -0.39 is 21.6 Å². The van der Waals surface area contributed by atoms with Gasteiger partial charge in [0.15, 0.2) is 0 Å². The molecular formula is C35H23N3O2S2. The van der Waals surface area contributed by atoms with Crippen LogP contribution in [0.3, 0.4) is 0 Å². The highest BCUT2D eigenvalue weighted by Crippen LogP contribution is 2.54. The summed E-state index contributed by atoms with van der Waals surface area (Å²) in [4.78, 5) is 11.2. The number of hydrogen-bond acceptors (Lipinski definition) is 5. The normalized spacial score (nSPS) is 16.2. The molecule has 6 aromatic rings. The van der Waals surface area contributed by atoms with Crippen LogP contribution in [0.15, 0.2) is 159 Å².